The second-order valence-corrected chi connectivity index (χ2v) is 5.78. The van der Waals surface area contributed by atoms with E-state index in [1.807, 2.05) is 6.92 Å². The molecule has 4 nitrogen and oxygen atoms in total. The normalized spacial score (nSPS) is 14.0. The third-order valence-corrected chi connectivity index (χ3v) is 4.14. The Hall–Kier alpha value is -1.17. The molecular formula is C12H17NO3S. The van der Waals surface area contributed by atoms with Crippen LogP contribution < -0.4 is 4.89 Å². The van der Waals surface area contributed by atoms with Crippen molar-refractivity contribution in [2.75, 3.05) is 0 Å². The molecule has 0 saturated carbocycles. The van der Waals surface area contributed by atoms with E-state index in [1.54, 1.807) is 35.2 Å². The summed E-state index contributed by atoms with van der Waals surface area (Å²) in [5.41, 5.74) is 0. The van der Waals surface area contributed by atoms with Gasteiger partial charge in [-0.25, -0.2) is 4.21 Å². The quantitative estimate of drug-likeness (QED) is 0.601. The highest BCUT2D eigenvalue weighted by molar-refractivity contribution is 8.00. The lowest BCUT2D eigenvalue weighted by Gasteiger charge is -2.08. The van der Waals surface area contributed by atoms with Crippen LogP contribution in [-0.4, -0.2) is 20.6 Å². The Morgan fingerprint density at radius 3 is 2.59 bits per heavy atom. The SMILES string of the molecule is CCCCC(=O)C=S(=O)(NO)c1ccccc1. The zero-order valence-corrected chi connectivity index (χ0v) is 10.6. The number of carbonyl (C=O) groups excluding carboxylic acids is 1. The van der Waals surface area contributed by atoms with Gasteiger partial charge in [0.15, 0.2) is 5.78 Å². The molecular weight excluding hydrogens is 238 g/mol. The van der Waals surface area contributed by atoms with E-state index in [4.69, 9.17) is 5.21 Å². The number of ketones is 1. The minimum Gasteiger partial charge on any atom is -0.304 e. The molecule has 0 amide bonds. The minimum absolute atomic E-state index is 0.220. The molecule has 0 fully saturated rings. The molecule has 0 aromatic heterocycles. The molecule has 1 unspecified atom stereocenters. The summed E-state index contributed by atoms with van der Waals surface area (Å²) in [4.78, 5) is 13.7. The van der Waals surface area contributed by atoms with Crippen LogP contribution in [0.5, 0.6) is 0 Å². The second kappa shape index (κ2) is 6.54. The van der Waals surface area contributed by atoms with Gasteiger partial charge in [0.1, 0.15) is 0 Å². The van der Waals surface area contributed by atoms with Crippen molar-refractivity contribution in [2.45, 2.75) is 31.1 Å². The van der Waals surface area contributed by atoms with Gasteiger partial charge < -0.3 is 5.21 Å². The summed E-state index contributed by atoms with van der Waals surface area (Å²) in [5.74, 6) is -0.220. The molecule has 0 aliphatic rings. The largest absolute Gasteiger partial charge is 0.304 e. The number of rotatable bonds is 6. The molecule has 1 atom stereocenters. The number of carbonyl (C=O) groups is 1. The highest BCUT2D eigenvalue weighted by atomic mass is 32.2. The third-order valence-electron chi connectivity index (χ3n) is 2.30. The first-order valence-corrected chi connectivity index (χ1v) is 7.12. The Morgan fingerprint density at radius 1 is 1.41 bits per heavy atom. The first-order chi connectivity index (χ1) is 8.12. The molecule has 1 rings (SSSR count). The smallest absolute Gasteiger partial charge is 0.165 e. The molecule has 0 spiro atoms. The van der Waals surface area contributed by atoms with Crippen molar-refractivity contribution in [3.63, 3.8) is 0 Å². The first-order valence-electron chi connectivity index (χ1n) is 5.50. The molecule has 5 heteroatoms. The van der Waals surface area contributed by atoms with Gasteiger partial charge in [0.2, 0.25) is 0 Å². The fourth-order valence-electron chi connectivity index (χ4n) is 1.36. The molecule has 94 valence electrons. The van der Waals surface area contributed by atoms with Crippen LogP contribution in [0.1, 0.15) is 26.2 Å². The number of Topliss-reactive ketones (excluding diaryl/α,β-unsaturated/α-hetero) is 1. The average Bonchev–Trinajstić information content (AvgIpc) is 2.37. The van der Waals surface area contributed by atoms with Gasteiger partial charge in [0.25, 0.3) is 0 Å². The summed E-state index contributed by atoms with van der Waals surface area (Å²) >= 11 is 0. The predicted molar refractivity (Wildman–Crippen MR) is 68.4 cm³/mol. The molecule has 17 heavy (non-hydrogen) atoms. The zero-order valence-electron chi connectivity index (χ0n) is 9.76. The predicted octanol–water partition coefficient (Wildman–Crippen LogP) is 1.79. The van der Waals surface area contributed by atoms with E-state index in [9.17, 15) is 9.00 Å². The molecule has 0 radical (unpaired) electrons. The summed E-state index contributed by atoms with van der Waals surface area (Å²) in [6, 6.07) is 8.40. The molecule has 0 aliphatic carbocycles. The van der Waals surface area contributed by atoms with Crippen LogP contribution in [0, 0.1) is 0 Å². The van der Waals surface area contributed by atoms with Crippen molar-refractivity contribution < 1.29 is 14.2 Å². The van der Waals surface area contributed by atoms with Gasteiger partial charge >= 0.3 is 0 Å². The van der Waals surface area contributed by atoms with E-state index in [0.29, 0.717) is 11.3 Å². The Kier molecular flexibility index (Phi) is 5.34. The maximum atomic E-state index is 12.3. The summed E-state index contributed by atoms with van der Waals surface area (Å²) in [5, 5.41) is 10.1. The summed E-state index contributed by atoms with van der Waals surface area (Å²) in [7, 11) is -3.00. The molecule has 1 aromatic carbocycles. The number of hydrogen-bond acceptors (Lipinski definition) is 3. The number of unbranched alkanes of at least 4 members (excludes halogenated alkanes) is 1. The van der Waals surface area contributed by atoms with Crippen molar-refractivity contribution in [3.8, 4) is 0 Å². The van der Waals surface area contributed by atoms with E-state index in [0.717, 1.165) is 18.2 Å². The molecule has 0 bridgehead atoms. The molecule has 1 aromatic rings. The number of hydrogen-bond donors (Lipinski definition) is 2. The Labute approximate surface area is 102 Å². The number of nitrogens with one attached hydrogen (secondary N) is 1. The van der Waals surface area contributed by atoms with Gasteiger partial charge in [-0.1, -0.05) is 31.5 Å². The van der Waals surface area contributed by atoms with E-state index in [-0.39, 0.29) is 5.78 Å². The van der Waals surface area contributed by atoms with E-state index < -0.39 is 9.71 Å². The van der Waals surface area contributed by atoms with E-state index in [2.05, 4.69) is 0 Å². The Morgan fingerprint density at radius 2 is 2.06 bits per heavy atom. The minimum atomic E-state index is -3.00. The monoisotopic (exact) mass is 255 g/mol. The first kappa shape index (κ1) is 13.9. The average molecular weight is 255 g/mol. The number of benzene rings is 1. The van der Waals surface area contributed by atoms with Crippen LogP contribution in [0.25, 0.3) is 0 Å². The lowest BCUT2D eigenvalue weighted by molar-refractivity contribution is -0.112. The lowest BCUT2D eigenvalue weighted by Crippen LogP contribution is -2.24. The van der Waals surface area contributed by atoms with Gasteiger partial charge in [0, 0.05) is 11.3 Å². The molecule has 0 aliphatic heterocycles. The van der Waals surface area contributed by atoms with Crippen molar-refractivity contribution in [1.82, 2.24) is 4.89 Å². The maximum Gasteiger partial charge on any atom is 0.165 e. The van der Waals surface area contributed by atoms with Crippen molar-refractivity contribution in [3.05, 3.63) is 30.3 Å². The molecule has 0 heterocycles. The topological polar surface area (TPSA) is 66.4 Å². The van der Waals surface area contributed by atoms with Crippen molar-refractivity contribution >= 4 is 20.9 Å². The summed E-state index contributed by atoms with van der Waals surface area (Å²) in [6.45, 7) is 1.98. The Bertz CT molecular complexity index is 476. The highest BCUT2D eigenvalue weighted by Crippen LogP contribution is 2.08. The fraction of sp³-hybridized carbons (Fsp3) is 0.333. The molecule has 2 N–H and O–H groups in total. The van der Waals surface area contributed by atoms with Crippen LogP contribution in [0.2, 0.25) is 0 Å². The van der Waals surface area contributed by atoms with Gasteiger partial charge in [-0.15, -0.1) is 4.89 Å². The maximum absolute atomic E-state index is 12.3. The van der Waals surface area contributed by atoms with Gasteiger partial charge in [-0.05, 0) is 18.6 Å². The van der Waals surface area contributed by atoms with Gasteiger partial charge in [-0.2, -0.15) is 0 Å². The zero-order chi connectivity index (χ0) is 12.7. The standard InChI is InChI=1S/C12H17NO3S/c1-2-3-7-11(14)10-17(16,13-15)12-8-5-4-6-9-12/h4-6,8-10,15H,2-3,7H2,1H3,(H,13,16). The van der Waals surface area contributed by atoms with Crippen LogP contribution in [0.4, 0.5) is 0 Å². The van der Waals surface area contributed by atoms with E-state index >= 15 is 0 Å². The van der Waals surface area contributed by atoms with Crippen molar-refractivity contribution in [2.24, 2.45) is 0 Å². The van der Waals surface area contributed by atoms with Crippen molar-refractivity contribution in [1.29, 1.82) is 0 Å². The lowest BCUT2D eigenvalue weighted by atomic mass is 10.2. The second-order valence-electron chi connectivity index (χ2n) is 3.69. The summed E-state index contributed by atoms with van der Waals surface area (Å²) < 4.78 is 12.3. The highest BCUT2D eigenvalue weighted by Gasteiger charge is 2.11. The Balaban J connectivity index is 3.01. The van der Waals surface area contributed by atoms with E-state index in [1.165, 1.54) is 0 Å². The van der Waals surface area contributed by atoms with Gasteiger partial charge in [-0.3, -0.25) is 4.79 Å². The molecule has 0 saturated heterocycles. The van der Waals surface area contributed by atoms with Crippen LogP contribution in [-0.2, 0) is 14.5 Å². The fourth-order valence-corrected chi connectivity index (χ4v) is 2.71. The van der Waals surface area contributed by atoms with Crippen LogP contribution in [0.3, 0.4) is 0 Å². The third kappa shape index (κ3) is 3.96. The van der Waals surface area contributed by atoms with Gasteiger partial charge in [0.05, 0.1) is 15.1 Å². The van der Waals surface area contributed by atoms with Crippen LogP contribution in [0.15, 0.2) is 35.2 Å². The summed E-state index contributed by atoms with van der Waals surface area (Å²) in [6.07, 6.45) is 2.01. The van der Waals surface area contributed by atoms with Crippen LogP contribution >= 0.6 is 0 Å².